The SMILES string of the molecule is Cc1[nH]nc2c1N(C(=O)c1cn(C(C)C)nn1)CCC2. The lowest BCUT2D eigenvalue weighted by Crippen LogP contribution is -2.35. The Balaban J connectivity index is 1.93. The van der Waals surface area contributed by atoms with E-state index in [0.29, 0.717) is 12.2 Å². The number of H-pyrrole nitrogens is 1. The summed E-state index contributed by atoms with van der Waals surface area (Å²) in [6, 6.07) is 0.191. The zero-order valence-corrected chi connectivity index (χ0v) is 11.9. The Morgan fingerprint density at radius 3 is 2.95 bits per heavy atom. The number of hydrogen-bond acceptors (Lipinski definition) is 4. The Bertz CT molecular complexity index is 641. The van der Waals surface area contributed by atoms with E-state index in [1.165, 1.54) is 0 Å². The van der Waals surface area contributed by atoms with Crippen molar-refractivity contribution in [2.75, 3.05) is 11.4 Å². The van der Waals surface area contributed by atoms with Crippen molar-refractivity contribution in [1.82, 2.24) is 25.2 Å². The van der Waals surface area contributed by atoms with E-state index in [4.69, 9.17) is 0 Å². The lowest BCUT2D eigenvalue weighted by molar-refractivity contribution is 0.0980. The van der Waals surface area contributed by atoms with Gasteiger partial charge in [0.15, 0.2) is 5.69 Å². The van der Waals surface area contributed by atoms with Gasteiger partial charge in [0.25, 0.3) is 5.91 Å². The number of carbonyl (C=O) groups is 1. The Labute approximate surface area is 117 Å². The molecule has 0 bridgehead atoms. The van der Waals surface area contributed by atoms with Gasteiger partial charge in [-0.3, -0.25) is 9.89 Å². The van der Waals surface area contributed by atoms with Crippen molar-refractivity contribution in [3.63, 3.8) is 0 Å². The standard InChI is InChI=1S/C13H18N6O/c1-8(2)19-7-11(16-17-19)13(20)18-6-4-5-10-12(18)9(3)14-15-10/h7-8H,4-6H2,1-3H3,(H,14,15). The number of carbonyl (C=O) groups excluding carboxylic acids is 1. The highest BCUT2D eigenvalue weighted by atomic mass is 16.2. The van der Waals surface area contributed by atoms with Gasteiger partial charge in [0.1, 0.15) is 0 Å². The van der Waals surface area contributed by atoms with E-state index >= 15 is 0 Å². The number of aryl methyl sites for hydroxylation is 2. The van der Waals surface area contributed by atoms with Crippen LogP contribution < -0.4 is 4.90 Å². The number of hydrogen-bond donors (Lipinski definition) is 1. The second kappa shape index (κ2) is 4.73. The number of nitrogens with one attached hydrogen (secondary N) is 1. The van der Waals surface area contributed by atoms with Gasteiger partial charge in [-0.1, -0.05) is 5.21 Å². The summed E-state index contributed by atoms with van der Waals surface area (Å²) >= 11 is 0. The first-order valence-corrected chi connectivity index (χ1v) is 6.85. The summed E-state index contributed by atoms with van der Waals surface area (Å²) in [5, 5.41) is 15.2. The highest BCUT2D eigenvalue weighted by molar-refractivity contribution is 6.05. The minimum absolute atomic E-state index is 0.109. The molecule has 0 fully saturated rings. The van der Waals surface area contributed by atoms with Crippen LogP contribution in [0, 0.1) is 6.92 Å². The molecule has 106 valence electrons. The van der Waals surface area contributed by atoms with E-state index in [2.05, 4.69) is 20.5 Å². The lowest BCUT2D eigenvalue weighted by atomic mass is 10.1. The van der Waals surface area contributed by atoms with Crippen molar-refractivity contribution >= 4 is 11.6 Å². The van der Waals surface area contributed by atoms with Gasteiger partial charge in [0.2, 0.25) is 0 Å². The number of nitrogens with zero attached hydrogens (tertiary/aromatic N) is 5. The Kier molecular flexibility index (Phi) is 3.04. The third-order valence-electron chi connectivity index (χ3n) is 3.56. The third-order valence-corrected chi connectivity index (χ3v) is 3.56. The molecule has 7 heteroatoms. The molecule has 1 aliphatic rings. The molecule has 0 aliphatic carbocycles. The molecule has 0 atom stereocenters. The Morgan fingerprint density at radius 1 is 1.45 bits per heavy atom. The van der Waals surface area contributed by atoms with Gasteiger partial charge in [0, 0.05) is 12.6 Å². The molecule has 2 aromatic heterocycles. The van der Waals surface area contributed by atoms with Crippen molar-refractivity contribution < 1.29 is 4.79 Å². The van der Waals surface area contributed by atoms with Gasteiger partial charge >= 0.3 is 0 Å². The van der Waals surface area contributed by atoms with Crippen LogP contribution in [0.4, 0.5) is 5.69 Å². The van der Waals surface area contributed by atoms with E-state index in [0.717, 1.165) is 29.9 Å². The predicted octanol–water partition coefficient (Wildman–Crippen LogP) is 1.48. The zero-order valence-electron chi connectivity index (χ0n) is 11.9. The predicted molar refractivity (Wildman–Crippen MR) is 73.7 cm³/mol. The molecule has 3 rings (SSSR count). The number of anilines is 1. The fourth-order valence-electron chi connectivity index (χ4n) is 2.49. The van der Waals surface area contributed by atoms with Crippen LogP contribution in [0.5, 0.6) is 0 Å². The number of amides is 1. The van der Waals surface area contributed by atoms with Crippen molar-refractivity contribution in [1.29, 1.82) is 0 Å². The number of rotatable bonds is 2. The van der Waals surface area contributed by atoms with Crippen molar-refractivity contribution in [2.24, 2.45) is 0 Å². The second-order valence-corrected chi connectivity index (χ2v) is 5.38. The molecule has 7 nitrogen and oxygen atoms in total. The summed E-state index contributed by atoms with van der Waals surface area (Å²) in [5.74, 6) is -0.109. The van der Waals surface area contributed by atoms with Gasteiger partial charge in [-0.2, -0.15) is 5.10 Å². The number of aromatic amines is 1. The molecule has 0 aromatic carbocycles. The van der Waals surface area contributed by atoms with Crippen LogP contribution in [-0.2, 0) is 6.42 Å². The maximum absolute atomic E-state index is 12.6. The van der Waals surface area contributed by atoms with Gasteiger partial charge in [-0.05, 0) is 33.6 Å². The van der Waals surface area contributed by atoms with E-state index in [1.807, 2.05) is 20.8 Å². The molecule has 2 aromatic rings. The number of fused-ring (bicyclic) bond motifs is 1. The van der Waals surface area contributed by atoms with Gasteiger partial charge in [-0.25, -0.2) is 4.68 Å². The highest BCUT2D eigenvalue weighted by Crippen LogP contribution is 2.29. The quantitative estimate of drug-likeness (QED) is 0.899. The summed E-state index contributed by atoms with van der Waals surface area (Å²) < 4.78 is 1.69. The first-order valence-electron chi connectivity index (χ1n) is 6.85. The molecule has 20 heavy (non-hydrogen) atoms. The van der Waals surface area contributed by atoms with Crippen molar-refractivity contribution in [3.05, 3.63) is 23.3 Å². The van der Waals surface area contributed by atoms with Crippen LogP contribution in [-0.4, -0.2) is 37.6 Å². The van der Waals surface area contributed by atoms with Crippen molar-refractivity contribution in [3.8, 4) is 0 Å². The lowest BCUT2D eigenvalue weighted by Gasteiger charge is -2.26. The smallest absolute Gasteiger partial charge is 0.280 e. The first-order chi connectivity index (χ1) is 9.58. The fraction of sp³-hybridized carbons (Fsp3) is 0.538. The largest absolute Gasteiger partial charge is 0.303 e. The molecule has 0 unspecified atom stereocenters. The first kappa shape index (κ1) is 12.8. The second-order valence-electron chi connectivity index (χ2n) is 5.38. The molecule has 0 saturated heterocycles. The van der Waals surface area contributed by atoms with Crippen LogP contribution in [0.25, 0.3) is 0 Å². The molecular weight excluding hydrogens is 256 g/mol. The van der Waals surface area contributed by atoms with Crippen LogP contribution in [0.3, 0.4) is 0 Å². The van der Waals surface area contributed by atoms with Crippen LogP contribution >= 0.6 is 0 Å². The summed E-state index contributed by atoms with van der Waals surface area (Å²) in [5.41, 5.74) is 3.16. The highest BCUT2D eigenvalue weighted by Gasteiger charge is 2.29. The summed E-state index contributed by atoms with van der Waals surface area (Å²) in [6.45, 7) is 6.63. The van der Waals surface area contributed by atoms with Gasteiger partial charge in [-0.15, -0.1) is 5.10 Å². The molecule has 0 radical (unpaired) electrons. The van der Waals surface area contributed by atoms with Crippen LogP contribution in [0.15, 0.2) is 6.20 Å². The van der Waals surface area contributed by atoms with Gasteiger partial charge in [0.05, 0.1) is 23.3 Å². The van der Waals surface area contributed by atoms with E-state index < -0.39 is 0 Å². The molecule has 1 N–H and O–H groups in total. The number of aromatic nitrogens is 5. The molecular formula is C13H18N6O. The normalized spacial score (nSPS) is 14.7. The topological polar surface area (TPSA) is 79.7 Å². The fourth-order valence-corrected chi connectivity index (χ4v) is 2.49. The Morgan fingerprint density at radius 2 is 2.25 bits per heavy atom. The van der Waals surface area contributed by atoms with E-state index in [1.54, 1.807) is 15.8 Å². The van der Waals surface area contributed by atoms with Crippen LogP contribution in [0.1, 0.15) is 48.2 Å². The molecule has 0 saturated carbocycles. The monoisotopic (exact) mass is 274 g/mol. The van der Waals surface area contributed by atoms with Crippen molar-refractivity contribution in [2.45, 2.75) is 39.7 Å². The van der Waals surface area contributed by atoms with E-state index in [9.17, 15) is 4.79 Å². The van der Waals surface area contributed by atoms with E-state index in [-0.39, 0.29) is 11.9 Å². The summed E-state index contributed by atoms with van der Waals surface area (Å²) in [7, 11) is 0. The van der Waals surface area contributed by atoms with Crippen LogP contribution in [0.2, 0.25) is 0 Å². The molecule has 3 heterocycles. The Hall–Kier alpha value is -2.18. The molecule has 1 amide bonds. The average Bonchev–Trinajstić information content (AvgIpc) is 3.05. The zero-order chi connectivity index (χ0) is 14.3. The average molecular weight is 274 g/mol. The minimum atomic E-state index is -0.109. The van der Waals surface area contributed by atoms with Gasteiger partial charge < -0.3 is 4.90 Å². The molecule has 0 spiro atoms. The maximum atomic E-state index is 12.6. The maximum Gasteiger partial charge on any atom is 0.280 e. The minimum Gasteiger partial charge on any atom is -0.303 e. The summed E-state index contributed by atoms with van der Waals surface area (Å²) in [6.07, 6.45) is 3.53. The molecule has 1 aliphatic heterocycles. The third kappa shape index (κ3) is 1.99. The summed E-state index contributed by atoms with van der Waals surface area (Å²) in [4.78, 5) is 14.4.